The van der Waals surface area contributed by atoms with Gasteiger partial charge in [-0.05, 0) is 46.0 Å². The smallest absolute Gasteiger partial charge is 0.326 e. The third-order valence-electron chi connectivity index (χ3n) is 3.83. The molecule has 0 aromatic rings. The third kappa shape index (κ3) is 3.23. The molecule has 0 bridgehead atoms. The van der Waals surface area contributed by atoms with Crippen LogP contribution < -0.4 is 5.32 Å². The van der Waals surface area contributed by atoms with Gasteiger partial charge in [-0.2, -0.15) is 0 Å². The number of hydrogen-bond acceptors (Lipinski definition) is 4. The quantitative estimate of drug-likeness (QED) is 0.738. The van der Waals surface area contributed by atoms with Gasteiger partial charge in [0.15, 0.2) is 0 Å². The number of rotatable bonds is 6. The van der Waals surface area contributed by atoms with Crippen LogP contribution in [0.3, 0.4) is 0 Å². The molecule has 2 unspecified atom stereocenters. The monoisotopic (exact) mass is 255 g/mol. The van der Waals surface area contributed by atoms with Crippen molar-refractivity contribution in [3.8, 4) is 0 Å². The fourth-order valence-corrected chi connectivity index (χ4v) is 2.87. The maximum Gasteiger partial charge on any atom is 0.326 e. The van der Waals surface area contributed by atoms with E-state index in [0.717, 1.165) is 25.7 Å². The summed E-state index contributed by atoms with van der Waals surface area (Å²) in [5.74, 6) is -0.0821. The predicted molar refractivity (Wildman–Crippen MR) is 69.4 cm³/mol. The molecule has 0 spiro atoms. The van der Waals surface area contributed by atoms with Crippen LogP contribution in [0.25, 0.3) is 0 Å². The summed E-state index contributed by atoms with van der Waals surface area (Å²) in [6.07, 6.45) is 6.28. The molecular weight excluding hydrogens is 230 g/mol. The Morgan fingerprint density at radius 1 is 1.28 bits per heavy atom. The van der Waals surface area contributed by atoms with Crippen molar-refractivity contribution < 1.29 is 14.3 Å². The van der Waals surface area contributed by atoms with Crippen LogP contribution in [-0.4, -0.2) is 36.9 Å². The Bertz CT molecular complexity index is 289. The summed E-state index contributed by atoms with van der Waals surface area (Å²) in [6.45, 7) is 5.04. The van der Waals surface area contributed by atoms with Crippen molar-refractivity contribution in [2.45, 2.75) is 70.1 Å². The van der Waals surface area contributed by atoms with Crippen molar-refractivity contribution in [1.29, 1.82) is 0 Å². The topological polar surface area (TPSA) is 47.6 Å². The lowest BCUT2D eigenvalue weighted by Crippen LogP contribution is -2.57. The minimum atomic E-state index is -0.491. The first-order valence-electron chi connectivity index (χ1n) is 7.26. The van der Waals surface area contributed by atoms with Crippen molar-refractivity contribution in [2.24, 2.45) is 0 Å². The first-order chi connectivity index (χ1) is 8.70. The predicted octanol–water partition coefficient (Wildman–Crippen LogP) is 2.02. The molecule has 2 fully saturated rings. The van der Waals surface area contributed by atoms with E-state index in [1.165, 1.54) is 12.8 Å². The molecule has 0 amide bonds. The highest BCUT2D eigenvalue weighted by atomic mass is 16.5. The Labute approximate surface area is 109 Å². The zero-order valence-corrected chi connectivity index (χ0v) is 11.5. The molecule has 2 saturated carbocycles. The van der Waals surface area contributed by atoms with Crippen molar-refractivity contribution in [3.63, 3.8) is 0 Å². The maximum atomic E-state index is 12.3. The van der Waals surface area contributed by atoms with E-state index in [2.05, 4.69) is 5.32 Å². The summed E-state index contributed by atoms with van der Waals surface area (Å²) in [7, 11) is 0. The molecule has 4 heteroatoms. The van der Waals surface area contributed by atoms with Gasteiger partial charge in [0.05, 0.1) is 12.7 Å². The molecule has 2 aliphatic rings. The first-order valence-corrected chi connectivity index (χ1v) is 7.26. The van der Waals surface area contributed by atoms with E-state index in [1.54, 1.807) is 0 Å². The number of hydrogen-bond donors (Lipinski definition) is 1. The summed E-state index contributed by atoms with van der Waals surface area (Å²) < 4.78 is 11.0. The van der Waals surface area contributed by atoms with Crippen molar-refractivity contribution in [1.82, 2.24) is 5.32 Å². The third-order valence-corrected chi connectivity index (χ3v) is 3.83. The van der Waals surface area contributed by atoms with Crippen molar-refractivity contribution in [3.05, 3.63) is 0 Å². The van der Waals surface area contributed by atoms with Crippen LogP contribution in [0.5, 0.6) is 0 Å². The van der Waals surface area contributed by atoms with E-state index < -0.39 is 5.54 Å². The summed E-state index contributed by atoms with van der Waals surface area (Å²) in [5, 5.41) is 3.52. The average Bonchev–Trinajstić information content (AvgIpc) is 3.14. The van der Waals surface area contributed by atoms with Gasteiger partial charge in [0, 0.05) is 19.1 Å². The molecule has 18 heavy (non-hydrogen) atoms. The van der Waals surface area contributed by atoms with Crippen LogP contribution in [-0.2, 0) is 14.3 Å². The molecule has 2 atom stereocenters. The fourth-order valence-electron chi connectivity index (χ4n) is 2.87. The van der Waals surface area contributed by atoms with Gasteiger partial charge < -0.3 is 9.47 Å². The largest absolute Gasteiger partial charge is 0.465 e. The molecular formula is C14H25NO3. The Morgan fingerprint density at radius 2 is 2.06 bits per heavy atom. The second kappa shape index (κ2) is 6.02. The highest BCUT2D eigenvalue weighted by Crippen LogP contribution is 2.35. The fraction of sp³-hybridized carbons (Fsp3) is 0.929. The van der Waals surface area contributed by atoms with E-state index >= 15 is 0 Å². The Hall–Kier alpha value is -0.610. The van der Waals surface area contributed by atoms with Crippen molar-refractivity contribution >= 4 is 5.97 Å². The van der Waals surface area contributed by atoms with Crippen LogP contribution in [0, 0.1) is 0 Å². The van der Waals surface area contributed by atoms with Crippen LogP contribution in [0.2, 0.25) is 0 Å². The van der Waals surface area contributed by atoms with Gasteiger partial charge in [-0.1, -0.05) is 0 Å². The van der Waals surface area contributed by atoms with E-state index in [1.807, 2.05) is 13.8 Å². The Morgan fingerprint density at radius 3 is 2.67 bits per heavy atom. The first kappa shape index (κ1) is 13.8. The lowest BCUT2D eigenvalue weighted by molar-refractivity contribution is -0.155. The zero-order chi connectivity index (χ0) is 13.0. The molecule has 104 valence electrons. The lowest BCUT2D eigenvalue weighted by atomic mass is 9.79. The van der Waals surface area contributed by atoms with Gasteiger partial charge in [-0.25, -0.2) is 0 Å². The van der Waals surface area contributed by atoms with Gasteiger partial charge in [0.2, 0.25) is 0 Å². The second-order valence-electron chi connectivity index (χ2n) is 5.39. The minimum Gasteiger partial charge on any atom is -0.465 e. The van der Waals surface area contributed by atoms with Gasteiger partial charge in [-0.15, -0.1) is 0 Å². The standard InChI is InChI=1S/C14H25NO3/c1-3-17-12-6-5-9-14(10-12,13(16)18-4-2)15-11-7-8-11/h11-12,15H,3-10H2,1-2H3. The molecule has 0 saturated heterocycles. The number of ether oxygens (including phenoxy) is 2. The van der Waals surface area contributed by atoms with Gasteiger partial charge in [0.25, 0.3) is 0 Å². The number of esters is 1. The van der Waals surface area contributed by atoms with Crippen LogP contribution in [0.15, 0.2) is 0 Å². The highest BCUT2D eigenvalue weighted by Gasteiger charge is 2.47. The summed E-state index contributed by atoms with van der Waals surface area (Å²) in [6, 6.07) is 0.509. The maximum absolute atomic E-state index is 12.3. The molecule has 0 aliphatic heterocycles. The van der Waals surface area contributed by atoms with Crippen LogP contribution >= 0.6 is 0 Å². The molecule has 0 aromatic carbocycles. The number of nitrogens with one attached hydrogen (secondary N) is 1. The minimum absolute atomic E-state index is 0.0821. The van der Waals surface area contributed by atoms with Crippen LogP contribution in [0.4, 0.5) is 0 Å². The zero-order valence-electron chi connectivity index (χ0n) is 11.5. The van der Waals surface area contributed by atoms with Crippen molar-refractivity contribution in [2.75, 3.05) is 13.2 Å². The van der Waals surface area contributed by atoms with E-state index in [0.29, 0.717) is 19.3 Å². The summed E-state index contributed by atoms with van der Waals surface area (Å²) in [4.78, 5) is 12.3. The number of carbonyl (C=O) groups excluding carboxylic acids is 1. The summed E-state index contributed by atoms with van der Waals surface area (Å²) in [5.41, 5.74) is -0.491. The van der Waals surface area contributed by atoms with Gasteiger partial charge >= 0.3 is 5.97 Å². The molecule has 0 radical (unpaired) electrons. The number of carbonyl (C=O) groups is 1. The van der Waals surface area contributed by atoms with E-state index in [4.69, 9.17) is 9.47 Å². The Balaban J connectivity index is 2.04. The van der Waals surface area contributed by atoms with E-state index in [9.17, 15) is 4.79 Å². The molecule has 1 N–H and O–H groups in total. The van der Waals surface area contributed by atoms with Gasteiger partial charge in [0.1, 0.15) is 5.54 Å². The Kier molecular flexibility index (Phi) is 4.62. The molecule has 2 aliphatic carbocycles. The lowest BCUT2D eigenvalue weighted by Gasteiger charge is -2.39. The molecule has 0 heterocycles. The SMILES string of the molecule is CCOC(=O)C1(NC2CC2)CCCC(OCC)C1. The van der Waals surface area contributed by atoms with Crippen LogP contribution in [0.1, 0.15) is 52.4 Å². The molecule has 0 aromatic heterocycles. The molecule has 4 nitrogen and oxygen atoms in total. The molecule has 2 rings (SSSR count). The summed E-state index contributed by atoms with van der Waals surface area (Å²) >= 11 is 0. The highest BCUT2D eigenvalue weighted by molar-refractivity contribution is 5.81. The average molecular weight is 255 g/mol. The van der Waals surface area contributed by atoms with E-state index in [-0.39, 0.29) is 12.1 Å². The van der Waals surface area contributed by atoms with Gasteiger partial charge in [-0.3, -0.25) is 10.1 Å². The normalized spacial score (nSPS) is 32.2. The second-order valence-corrected chi connectivity index (χ2v) is 5.39.